The van der Waals surface area contributed by atoms with Crippen molar-refractivity contribution in [3.05, 3.63) is 71.8 Å². The van der Waals surface area contributed by atoms with Gasteiger partial charge in [-0.25, -0.2) is 0 Å². The van der Waals surface area contributed by atoms with Crippen molar-refractivity contribution in [2.24, 2.45) is 0 Å². The average molecular weight is 364 g/mol. The lowest BCUT2D eigenvalue weighted by Gasteiger charge is -2.34. The molecule has 0 unspecified atom stereocenters. The van der Waals surface area contributed by atoms with E-state index in [1.165, 1.54) is 5.56 Å². The van der Waals surface area contributed by atoms with Crippen LogP contribution in [0.25, 0.3) is 6.08 Å². The number of para-hydroxylation sites is 1. The molecule has 1 saturated heterocycles. The molecule has 0 bridgehead atoms. The highest BCUT2D eigenvalue weighted by molar-refractivity contribution is 5.78. The van der Waals surface area contributed by atoms with Crippen LogP contribution in [-0.4, -0.2) is 55.0 Å². The van der Waals surface area contributed by atoms with Crippen molar-refractivity contribution in [1.29, 1.82) is 0 Å². The molecule has 0 radical (unpaired) electrons. The van der Waals surface area contributed by atoms with Crippen molar-refractivity contribution in [2.45, 2.75) is 13.3 Å². The minimum absolute atomic E-state index is 0.0698. The summed E-state index contributed by atoms with van der Waals surface area (Å²) in [6.07, 6.45) is 5.24. The van der Waals surface area contributed by atoms with E-state index in [0.717, 1.165) is 50.5 Å². The third-order valence-electron chi connectivity index (χ3n) is 4.90. The van der Waals surface area contributed by atoms with Gasteiger partial charge in [0.1, 0.15) is 5.75 Å². The smallest absolute Gasteiger partial charge is 0.260 e. The van der Waals surface area contributed by atoms with Crippen LogP contribution in [0, 0.1) is 0 Å². The van der Waals surface area contributed by atoms with E-state index in [0.29, 0.717) is 0 Å². The third-order valence-corrected chi connectivity index (χ3v) is 4.90. The molecule has 4 heteroatoms. The molecule has 0 atom stereocenters. The lowest BCUT2D eigenvalue weighted by molar-refractivity contribution is -0.135. The molecule has 4 nitrogen and oxygen atoms in total. The largest absolute Gasteiger partial charge is 0.483 e. The summed E-state index contributed by atoms with van der Waals surface area (Å²) in [6, 6.07) is 18.2. The minimum atomic E-state index is 0.0698. The molecule has 27 heavy (non-hydrogen) atoms. The van der Waals surface area contributed by atoms with Gasteiger partial charge in [-0.1, -0.05) is 67.6 Å². The first-order chi connectivity index (χ1) is 13.3. The Balaban J connectivity index is 1.40. The Labute approximate surface area is 162 Å². The van der Waals surface area contributed by atoms with Crippen molar-refractivity contribution in [3.63, 3.8) is 0 Å². The Hall–Kier alpha value is -2.59. The van der Waals surface area contributed by atoms with Crippen LogP contribution in [0.3, 0.4) is 0 Å². The van der Waals surface area contributed by atoms with Gasteiger partial charge in [-0.2, -0.15) is 0 Å². The highest BCUT2D eigenvalue weighted by Crippen LogP contribution is 2.18. The Bertz CT molecular complexity index is 750. The van der Waals surface area contributed by atoms with Crippen molar-refractivity contribution in [3.8, 4) is 5.75 Å². The van der Waals surface area contributed by atoms with Crippen LogP contribution in [-0.2, 0) is 11.2 Å². The molecular weight excluding hydrogens is 336 g/mol. The highest BCUT2D eigenvalue weighted by atomic mass is 16.5. The van der Waals surface area contributed by atoms with E-state index in [1.807, 2.05) is 47.4 Å². The van der Waals surface area contributed by atoms with Gasteiger partial charge in [-0.3, -0.25) is 9.69 Å². The molecule has 3 rings (SSSR count). The summed E-state index contributed by atoms with van der Waals surface area (Å²) in [6.45, 7) is 6.44. The van der Waals surface area contributed by atoms with E-state index in [-0.39, 0.29) is 12.5 Å². The molecule has 0 aromatic heterocycles. The van der Waals surface area contributed by atoms with Crippen molar-refractivity contribution < 1.29 is 9.53 Å². The van der Waals surface area contributed by atoms with E-state index >= 15 is 0 Å². The van der Waals surface area contributed by atoms with Crippen molar-refractivity contribution in [2.75, 3.05) is 39.3 Å². The summed E-state index contributed by atoms with van der Waals surface area (Å²) < 4.78 is 5.77. The first-order valence-corrected chi connectivity index (χ1v) is 9.68. The predicted octanol–water partition coefficient (Wildman–Crippen LogP) is 3.49. The molecule has 1 aliphatic heterocycles. The second kappa shape index (κ2) is 9.93. The zero-order valence-electron chi connectivity index (χ0n) is 16.0. The third kappa shape index (κ3) is 5.69. The normalized spacial score (nSPS) is 15.2. The van der Waals surface area contributed by atoms with Gasteiger partial charge in [0.25, 0.3) is 5.91 Å². The number of amides is 1. The number of ether oxygens (including phenoxy) is 1. The number of carbonyl (C=O) groups is 1. The molecule has 0 saturated carbocycles. The van der Waals surface area contributed by atoms with Crippen LogP contribution in [0.2, 0.25) is 0 Å². The molecule has 0 aliphatic carbocycles. The lowest BCUT2D eigenvalue weighted by Crippen LogP contribution is -2.49. The summed E-state index contributed by atoms with van der Waals surface area (Å²) in [5, 5.41) is 0. The van der Waals surface area contributed by atoms with Gasteiger partial charge in [0.2, 0.25) is 0 Å². The number of rotatable bonds is 7. The topological polar surface area (TPSA) is 32.8 Å². The summed E-state index contributed by atoms with van der Waals surface area (Å²) in [4.78, 5) is 16.7. The Morgan fingerprint density at radius 2 is 1.70 bits per heavy atom. The monoisotopic (exact) mass is 364 g/mol. The molecular formula is C23H28N2O2. The van der Waals surface area contributed by atoms with Gasteiger partial charge in [0.05, 0.1) is 0 Å². The number of hydrogen-bond acceptors (Lipinski definition) is 3. The Morgan fingerprint density at radius 3 is 2.44 bits per heavy atom. The standard InChI is InChI=1S/C23H28N2O2/c1-2-21-12-6-7-13-22(21)27-19-23(26)25-17-15-24(16-18-25)14-8-11-20-9-4-3-5-10-20/h3-13H,2,14-19H2,1H3/b11-8+. The first-order valence-electron chi connectivity index (χ1n) is 9.68. The summed E-state index contributed by atoms with van der Waals surface area (Å²) in [7, 11) is 0. The summed E-state index contributed by atoms with van der Waals surface area (Å²) in [5.41, 5.74) is 2.36. The number of aryl methyl sites for hydroxylation is 1. The summed E-state index contributed by atoms with van der Waals surface area (Å²) >= 11 is 0. The van der Waals surface area contributed by atoms with Gasteiger partial charge in [-0.05, 0) is 23.6 Å². The maximum Gasteiger partial charge on any atom is 0.260 e. The lowest BCUT2D eigenvalue weighted by atomic mass is 10.1. The first kappa shape index (κ1) is 19.2. The second-order valence-corrected chi connectivity index (χ2v) is 6.74. The number of carbonyl (C=O) groups excluding carboxylic acids is 1. The van der Waals surface area contributed by atoms with Crippen molar-refractivity contribution in [1.82, 2.24) is 9.80 Å². The molecule has 1 amide bonds. The van der Waals surface area contributed by atoms with Crippen LogP contribution >= 0.6 is 0 Å². The van der Waals surface area contributed by atoms with Crippen LogP contribution in [0.1, 0.15) is 18.1 Å². The number of hydrogen-bond donors (Lipinski definition) is 0. The fraction of sp³-hybridized carbons (Fsp3) is 0.348. The molecule has 1 fully saturated rings. The van der Waals surface area contributed by atoms with Crippen LogP contribution in [0.4, 0.5) is 0 Å². The van der Waals surface area contributed by atoms with Gasteiger partial charge < -0.3 is 9.64 Å². The van der Waals surface area contributed by atoms with E-state index in [1.54, 1.807) is 0 Å². The quantitative estimate of drug-likeness (QED) is 0.754. The SMILES string of the molecule is CCc1ccccc1OCC(=O)N1CCN(C/C=C/c2ccccc2)CC1. The van der Waals surface area contributed by atoms with Crippen LogP contribution in [0.15, 0.2) is 60.7 Å². The fourth-order valence-corrected chi connectivity index (χ4v) is 3.25. The average Bonchev–Trinajstić information content (AvgIpc) is 2.73. The molecule has 0 N–H and O–H groups in total. The maximum absolute atomic E-state index is 12.4. The zero-order valence-corrected chi connectivity index (χ0v) is 16.0. The molecule has 142 valence electrons. The molecule has 2 aromatic rings. The molecule has 0 spiro atoms. The zero-order chi connectivity index (χ0) is 18.9. The Kier molecular flexibility index (Phi) is 7.05. The van der Waals surface area contributed by atoms with E-state index < -0.39 is 0 Å². The molecule has 1 aliphatic rings. The van der Waals surface area contributed by atoms with Gasteiger partial charge in [0.15, 0.2) is 6.61 Å². The molecule has 1 heterocycles. The predicted molar refractivity (Wildman–Crippen MR) is 110 cm³/mol. The van der Waals surface area contributed by atoms with Crippen molar-refractivity contribution >= 4 is 12.0 Å². The fourth-order valence-electron chi connectivity index (χ4n) is 3.25. The molecule has 2 aromatic carbocycles. The minimum Gasteiger partial charge on any atom is -0.483 e. The van der Waals surface area contributed by atoms with Gasteiger partial charge in [0, 0.05) is 32.7 Å². The number of benzene rings is 2. The van der Waals surface area contributed by atoms with Gasteiger partial charge in [-0.15, -0.1) is 0 Å². The number of nitrogens with zero attached hydrogens (tertiary/aromatic N) is 2. The Morgan fingerprint density at radius 1 is 1.00 bits per heavy atom. The van der Waals surface area contributed by atoms with Gasteiger partial charge >= 0.3 is 0 Å². The highest BCUT2D eigenvalue weighted by Gasteiger charge is 2.20. The van der Waals surface area contributed by atoms with E-state index in [4.69, 9.17) is 4.74 Å². The maximum atomic E-state index is 12.4. The van der Waals surface area contributed by atoms with Crippen LogP contribution < -0.4 is 4.74 Å². The van der Waals surface area contributed by atoms with Crippen LogP contribution in [0.5, 0.6) is 5.75 Å². The summed E-state index contributed by atoms with van der Waals surface area (Å²) in [5.74, 6) is 0.887. The number of piperazine rings is 1. The van der Waals surface area contributed by atoms with E-state index in [2.05, 4.69) is 36.1 Å². The second-order valence-electron chi connectivity index (χ2n) is 6.74. The van der Waals surface area contributed by atoms with E-state index in [9.17, 15) is 4.79 Å².